The summed E-state index contributed by atoms with van der Waals surface area (Å²) >= 11 is 0. The van der Waals surface area contributed by atoms with Gasteiger partial charge in [-0.1, -0.05) is 64.7 Å². The molecule has 1 saturated carbocycles. The van der Waals surface area contributed by atoms with Crippen LogP contribution in [0.5, 0.6) is 0 Å². The molecule has 0 aromatic rings. The highest BCUT2D eigenvalue weighted by atomic mass is 15.1. The van der Waals surface area contributed by atoms with Crippen molar-refractivity contribution in [3.8, 4) is 0 Å². The van der Waals surface area contributed by atoms with Crippen LogP contribution in [-0.4, -0.2) is 32.3 Å². The van der Waals surface area contributed by atoms with Gasteiger partial charge in [0.15, 0.2) is 0 Å². The Hall–Kier alpha value is -0.120. The van der Waals surface area contributed by atoms with Crippen LogP contribution in [0.3, 0.4) is 0 Å². The first-order valence-corrected chi connectivity index (χ1v) is 9.90. The minimum absolute atomic E-state index is 0.434. The van der Waals surface area contributed by atoms with Crippen molar-refractivity contribution in [2.75, 3.05) is 14.1 Å². The highest BCUT2D eigenvalue weighted by Gasteiger charge is 2.20. The summed E-state index contributed by atoms with van der Waals surface area (Å²) in [5, 5.41) is 10.7. The molecule has 1 fully saturated rings. The van der Waals surface area contributed by atoms with Crippen molar-refractivity contribution >= 4 is 0 Å². The number of rotatable bonds is 14. The van der Waals surface area contributed by atoms with Crippen LogP contribution in [-0.2, 0) is 0 Å². The Labute approximate surface area is 139 Å². The summed E-state index contributed by atoms with van der Waals surface area (Å²) in [4.78, 5) is 0. The van der Waals surface area contributed by atoms with Crippen molar-refractivity contribution in [3.63, 3.8) is 0 Å². The molecule has 22 heavy (non-hydrogen) atoms. The molecular weight excluding hydrogens is 270 g/mol. The van der Waals surface area contributed by atoms with Gasteiger partial charge < -0.3 is 16.0 Å². The minimum atomic E-state index is 0.434. The topological polar surface area (TPSA) is 36.1 Å². The van der Waals surface area contributed by atoms with Gasteiger partial charge in [-0.3, -0.25) is 0 Å². The average molecular weight is 312 g/mol. The number of unbranched alkanes of at least 4 members (excludes halogenated alkanes) is 6. The van der Waals surface area contributed by atoms with E-state index >= 15 is 0 Å². The molecule has 0 heterocycles. The van der Waals surface area contributed by atoms with E-state index in [2.05, 4.69) is 37.0 Å². The van der Waals surface area contributed by atoms with Gasteiger partial charge in [-0.2, -0.15) is 0 Å². The first-order chi connectivity index (χ1) is 10.8. The fourth-order valence-corrected chi connectivity index (χ4v) is 3.71. The normalized spacial score (nSPS) is 17.5. The van der Waals surface area contributed by atoms with Crippen molar-refractivity contribution < 1.29 is 0 Å². The number of hydrogen-bond acceptors (Lipinski definition) is 3. The maximum atomic E-state index is 3.95. The van der Waals surface area contributed by atoms with E-state index < -0.39 is 0 Å². The van der Waals surface area contributed by atoms with E-state index in [9.17, 15) is 0 Å². The Bertz CT molecular complexity index is 231. The maximum absolute atomic E-state index is 3.95. The van der Waals surface area contributed by atoms with Crippen molar-refractivity contribution in [1.82, 2.24) is 16.0 Å². The fourth-order valence-electron chi connectivity index (χ4n) is 3.71. The summed E-state index contributed by atoms with van der Waals surface area (Å²) in [6.45, 7) is 2.29. The van der Waals surface area contributed by atoms with Gasteiger partial charge in [0.05, 0.1) is 6.17 Å². The molecule has 0 bridgehead atoms. The molecule has 0 aliphatic heterocycles. The lowest BCUT2D eigenvalue weighted by atomic mass is 10.0. The Morgan fingerprint density at radius 1 is 0.864 bits per heavy atom. The number of nitrogens with one attached hydrogen (secondary N) is 3. The molecule has 1 unspecified atom stereocenters. The van der Waals surface area contributed by atoms with E-state index in [1.165, 1.54) is 83.5 Å². The van der Waals surface area contributed by atoms with Crippen LogP contribution in [0.15, 0.2) is 0 Å². The van der Waals surface area contributed by atoms with Gasteiger partial charge in [-0.15, -0.1) is 0 Å². The fraction of sp³-hybridized carbons (Fsp3) is 1.00. The summed E-state index contributed by atoms with van der Waals surface area (Å²) in [6.07, 6.45) is 18.4. The van der Waals surface area contributed by atoms with Crippen LogP contribution in [0, 0.1) is 0 Å². The molecular formula is C19H41N3. The van der Waals surface area contributed by atoms with E-state index in [0.717, 1.165) is 6.04 Å². The van der Waals surface area contributed by atoms with Crippen molar-refractivity contribution in [1.29, 1.82) is 0 Å². The summed E-state index contributed by atoms with van der Waals surface area (Å²) in [6, 6.07) is 1.45. The lowest BCUT2D eigenvalue weighted by molar-refractivity contribution is 0.326. The first-order valence-electron chi connectivity index (χ1n) is 9.90. The molecule has 3 heteroatoms. The molecule has 1 atom stereocenters. The van der Waals surface area contributed by atoms with Gasteiger partial charge in [0.1, 0.15) is 0 Å². The van der Waals surface area contributed by atoms with E-state index in [0.29, 0.717) is 12.2 Å². The minimum Gasteiger partial charge on any atom is -0.311 e. The molecule has 1 aliphatic carbocycles. The Morgan fingerprint density at radius 2 is 1.45 bits per heavy atom. The lowest BCUT2D eigenvalue weighted by Crippen LogP contribution is -2.46. The van der Waals surface area contributed by atoms with Gasteiger partial charge in [0.2, 0.25) is 0 Å². The predicted molar refractivity (Wildman–Crippen MR) is 98.3 cm³/mol. The molecule has 0 spiro atoms. The monoisotopic (exact) mass is 311 g/mol. The second-order valence-corrected chi connectivity index (χ2v) is 7.12. The standard InChI is InChI=1S/C19H41N3/c1-4-5-6-7-8-9-10-15-18(16-19(20-2)21-3)22-17-13-11-12-14-17/h17-22H,4-16H2,1-3H3. The SMILES string of the molecule is CCCCCCCCCC(CC(NC)NC)NC1CCCC1. The third-order valence-corrected chi connectivity index (χ3v) is 5.20. The zero-order chi connectivity index (χ0) is 16.0. The molecule has 132 valence electrons. The van der Waals surface area contributed by atoms with Crippen LogP contribution < -0.4 is 16.0 Å². The zero-order valence-corrected chi connectivity index (χ0v) is 15.4. The summed E-state index contributed by atoms with van der Waals surface area (Å²) in [5.74, 6) is 0. The van der Waals surface area contributed by atoms with Gasteiger partial charge in [-0.25, -0.2) is 0 Å². The van der Waals surface area contributed by atoms with Gasteiger partial charge in [0.25, 0.3) is 0 Å². The third-order valence-electron chi connectivity index (χ3n) is 5.20. The average Bonchev–Trinajstić information content (AvgIpc) is 3.04. The Morgan fingerprint density at radius 3 is 2.05 bits per heavy atom. The van der Waals surface area contributed by atoms with Gasteiger partial charge in [-0.05, 0) is 39.8 Å². The Balaban J connectivity index is 2.21. The molecule has 0 amide bonds. The molecule has 3 nitrogen and oxygen atoms in total. The quantitative estimate of drug-likeness (QED) is 0.333. The van der Waals surface area contributed by atoms with E-state index in [-0.39, 0.29) is 0 Å². The molecule has 0 aromatic carbocycles. The highest BCUT2D eigenvalue weighted by Crippen LogP contribution is 2.20. The van der Waals surface area contributed by atoms with Crippen LogP contribution in [0.1, 0.15) is 90.4 Å². The van der Waals surface area contributed by atoms with Crippen LogP contribution >= 0.6 is 0 Å². The maximum Gasteiger partial charge on any atom is 0.0581 e. The van der Waals surface area contributed by atoms with Crippen molar-refractivity contribution in [2.45, 2.75) is 109 Å². The summed E-state index contributed by atoms with van der Waals surface area (Å²) in [7, 11) is 4.11. The van der Waals surface area contributed by atoms with Gasteiger partial charge >= 0.3 is 0 Å². The predicted octanol–water partition coefficient (Wildman–Crippen LogP) is 4.18. The van der Waals surface area contributed by atoms with Crippen molar-refractivity contribution in [2.24, 2.45) is 0 Å². The molecule has 0 radical (unpaired) electrons. The van der Waals surface area contributed by atoms with Gasteiger partial charge in [0, 0.05) is 12.1 Å². The Kier molecular flexibility index (Phi) is 12.1. The van der Waals surface area contributed by atoms with Crippen LogP contribution in [0.4, 0.5) is 0 Å². The smallest absolute Gasteiger partial charge is 0.0581 e. The molecule has 1 aliphatic rings. The summed E-state index contributed by atoms with van der Waals surface area (Å²) in [5.41, 5.74) is 0. The first kappa shape index (κ1) is 19.9. The third kappa shape index (κ3) is 9.12. The molecule has 0 saturated heterocycles. The molecule has 0 aromatic heterocycles. The zero-order valence-electron chi connectivity index (χ0n) is 15.4. The van der Waals surface area contributed by atoms with E-state index in [1.54, 1.807) is 0 Å². The van der Waals surface area contributed by atoms with E-state index in [1.807, 2.05) is 0 Å². The molecule has 1 rings (SSSR count). The van der Waals surface area contributed by atoms with Crippen LogP contribution in [0.2, 0.25) is 0 Å². The second-order valence-electron chi connectivity index (χ2n) is 7.12. The lowest BCUT2D eigenvalue weighted by Gasteiger charge is -2.27. The largest absolute Gasteiger partial charge is 0.311 e. The van der Waals surface area contributed by atoms with Crippen molar-refractivity contribution in [3.05, 3.63) is 0 Å². The van der Waals surface area contributed by atoms with E-state index in [4.69, 9.17) is 0 Å². The highest BCUT2D eigenvalue weighted by molar-refractivity contribution is 4.81. The summed E-state index contributed by atoms with van der Waals surface area (Å²) < 4.78 is 0. The second kappa shape index (κ2) is 13.3. The molecule has 3 N–H and O–H groups in total. The number of hydrogen-bond donors (Lipinski definition) is 3. The van der Waals surface area contributed by atoms with Crippen LogP contribution in [0.25, 0.3) is 0 Å².